The molecule has 15 nitrogen and oxygen atoms in total. The normalized spacial score (nSPS) is 34.6. The first kappa shape index (κ1) is 28.4. The van der Waals surface area contributed by atoms with Crippen LogP contribution in [0.4, 0.5) is 5.69 Å². The van der Waals surface area contributed by atoms with Gasteiger partial charge in [-0.3, -0.25) is 14.9 Å². The van der Waals surface area contributed by atoms with Crippen LogP contribution in [0.2, 0.25) is 0 Å². The molecule has 9 N–H and O–H groups in total. The Labute approximate surface area is 220 Å². The Bertz CT molecular complexity index is 1190. The molecule has 3 aliphatic heterocycles. The summed E-state index contributed by atoms with van der Waals surface area (Å²) in [7, 11) is 0. The first-order valence-electron chi connectivity index (χ1n) is 12.0. The van der Waals surface area contributed by atoms with Crippen molar-refractivity contribution in [3.8, 4) is 11.5 Å². The van der Waals surface area contributed by atoms with E-state index in [1.165, 1.54) is 29.0 Å². The van der Waals surface area contributed by atoms with Gasteiger partial charge in [-0.15, -0.1) is 0 Å². The number of nitrogens with one attached hydrogen (secondary N) is 1. The molecule has 0 saturated carbocycles. The lowest BCUT2D eigenvalue weighted by Gasteiger charge is -2.39. The maximum atomic E-state index is 12.0. The summed E-state index contributed by atoms with van der Waals surface area (Å²) in [6, 6.07) is -0.839. The standard InChI is InChI=1S/C24H28N2O13/c27-8-17-18(29)19(30)20(31)24(39-17)38-16-6-10-5-14(23(36)37)26(13(10)7-15(16)28)2-1-9-3-11(21(32)33)25-12(4-9)22(34)35/h1-2,6-7,11-12,14,17-20,24-25,27,29-31H,3-5,8H2,(H3-,28,32,33,34,35,36,37)/p+1/t11-,12?,14-,17?,18-,19-,20?,24+/m1/s1. The van der Waals surface area contributed by atoms with Crippen LogP contribution in [-0.2, 0) is 25.5 Å². The van der Waals surface area contributed by atoms with Gasteiger partial charge >= 0.3 is 17.9 Å². The van der Waals surface area contributed by atoms with E-state index in [-0.39, 0.29) is 30.7 Å². The molecule has 1 aromatic carbocycles. The Balaban J connectivity index is 1.63. The van der Waals surface area contributed by atoms with Crippen LogP contribution in [0, 0.1) is 0 Å². The Morgan fingerprint density at radius 1 is 0.974 bits per heavy atom. The van der Waals surface area contributed by atoms with Crippen molar-refractivity contribution in [1.82, 2.24) is 5.32 Å². The molecule has 3 heterocycles. The number of phenols is 1. The van der Waals surface area contributed by atoms with Gasteiger partial charge in [0.2, 0.25) is 12.0 Å². The third-order valence-electron chi connectivity index (χ3n) is 6.97. The second-order valence-electron chi connectivity index (χ2n) is 9.56. The van der Waals surface area contributed by atoms with E-state index < -0.39 is 79.1 Å². The zero-order valence-electron chi connectivity index (χ0n) is 20.3. The number of aromatic hydroxyl groups is 1. The van der Waals surface area contributed by atoms with Gasteiger partial charge in [0.15, 0.2) is 17.7 Å². The number of benzene rings is 1. The van der Waals surface area contributed by atoms with Gasteiger partial charge < -0.3 is 50.3 Å². The number of aliphatic hydroxyl groups is 4. The molecule has 15 heteroatoms. The van der Waals surface area contributed by atoms with Gasteiger partial charge in [0, 0.05) is 11.6 Å². The second-order valence-corrected chi connectivity index (χ2v) is 9.56. The molecule has 0 radical (unpaired) electrons. The van der Waals surface area contributed by atoms with E-state index in [2.05, 4.69) is 5.32 Å². The predicted octanol–water partition coefficient (Wildman–Crippen LogP) is -2.49. The highest BCUT2D eigenvalue weighted by Gasteiger charge is 2.46. The topological polar surface area (TPSA) is 247 Å². The number of piperidine rings is 1. The molecule has 3 unspecified atom stereocenters. The summed E-state index contributed by atoms with van der Waals surface area (Å²) >= 11 is 0. The number of hydrogen-bond donors (Lipinski definition) is 9. The minimum Gasteiger partial charge on any atom is -0.504 e. The molecule has 0 bridgehead atoms. The first-order valence-corrected chi connectivity index (χ1v) is 12.0. The van der Waals surface area contributed by atoms with Crippen LogP contribution in [0.3, 0.4) is 0 Å². The van der Waals surface area contributed by atoms with Crippen molar-refractivity contribution in [2.45, 2.75) is 68.1 Å². The van der Waals surface area contributed by atoms with Gasteiger partial charge in [0.05, 0.1) is 19.1 Å². The van der Waals surface area contributed by atoms with Crippen molar-refractivity contribution in [2.24, 2.45) is 0 Å². The molecule has 0 amide bonds. The van der Waals surface area contributed by atoms with Crippen molar-refractivity contribution >= 4 is 29.8 Å². The van der Waals surface area contributed by atoms with Gasteiger partial charge in [0.25, 0.3) is 6.04 Å². The number of hydrogen-bond acceptors (Lipinski definition) is 11. The zero-order valence-corrected chi connectivity index (χ0v) is 20.3. The van der Waals surface area contributed by atoms with Crippen LogP contribution in [0.15, 0.2) is 23.8 Å². The molecule has 3 aliphatic rings. The first-order chi connectivity index (χ1) is 18.4. The van der Waals surface area contributed by atoms with Gasteiger partial charge in [-0.1, -0.05) is 5.57 Å². The molecule has 0 aromatic heterocycles. The van der Waals surface area contributed by atoms with Crippen molar-refractivity contribution in [3.05, 3.63) is 29.3 Å². The second kappa shape index (κ2) is 11.3. The van der Waals surface area contributed by atoms with Crippen molar-refractivity contribution < 1.29 is 69.3 Å². The predicted molar refractivity (Wildman–Crippen MR) is 127 cm³/mol. The quantitative estimate of drug-likeness (QED) is 0.159. The fourth-order valence-corrected chi connectivity index (χ4v) is 4.86. The molecular formula is C24H29N2O13+. The van der Waals surface area contributed by atoms with Crippen LogP contribution >= 0.6 is 0 Å². The lowest BCUT2D eigenvalue weighted by molar-refractivity contribution is -0.456. The molecule has 2 fully saturated rings. The molecule has 4 rings (SSSR count). The Morgan fingerprint density at radius 3 is 2.18 bits per heavy atom. The maximum absolute atomic E-state index is 12.0. The molecule has 212 valence electrons. The summed E-state index contributed by atoms with van der Waals surface area (Å²) in [6.07, 6.45) is -5.02. The van der Waals surface area contributed by atoms with Crippen LogP contribution in [0.5, 0.6) is 11.5 Å². The lowest BCUT2D eigenvalue weighted by atomic mass is 9.93. The molecule has 8 atom stereocenters. The lowest BCUT2D eigenvalue weighted by Crippen LogP contribution is -2.60. The summed E-state index contributed by atoms with van der Waals surface area (Å²) in [5.74, 6) is -4.33. The van der Waals surface area contributed by atoms with Crippen molar-refractivity contribution in [1.29, 1.82) is 0 Å². The molecule has 1 aromatic rings. The average Bonchev–Trinajstić information content (AvgIpc) is 3.24. The van der Waals surface area contributed by atoms with Gasteiger partial charge in [-0.25, -0.2) is 4.79 Å². The number of ether oxygens (including phenoxy) is 2. The fourth-order valence-electron chi connectivity index (χ4n) is 4.86. The highest BCUT2D eigenvalue weighted by molar-refractivity contribution is 5.81. The fraction of sp³-hybridized carbons (Fsp3) is 0.500. The third kappa shape index (κ3) is 5.73. The van der Waals surface area contributed by atoms with E-state index in [0.717, 1.165) is 0 Å². The summed E-state index contributed by atoms with van der Waals surface area (Å²) < 4.78 is 12.2. The maximum Gasteiger partial charge on any atom is 0.373 e. The number of allylic oxidation sites excluding steroid dienone is 1. The SMILES string of the molecule is O=C(O)C1CC(=CC=[N+]2c3cc(O)c(O[C@H]4OC(CO)[C@@H](O)[C@@H](O)C4O)cc3C[C@@H]2C(=O)O)C[C@H](C(=O)O)N1. The number of aliphatic carboxylic acids is 3. The highest BCUT2D eigenvalue weighted by Crippen LogP contribution is 2.40. The Morgan fingerprint density at radius 2 is 1.62 bits per heavy atom. The van der Waals surface area contributed by atoms with Crippen molar-refractivity contribution in [2.75, 3.05) is 6.61 Å². The minimum absolute atomic E-state index is 0.00513. The minimum atomic E-state index is -1.73. The molecule has 0 aliphatic carbocycles. The van der Waals surface area contributed by atoms with E-state index in [0.29, 0.717) is 11.1 Å². The number of carboxylic acid groups (broad SMARTS) is 3. The van der Waals surface area contributed by atoms with E-state index >= 15 is 0 Å². The highest BCUT2D eigenvalue weighted by atomic mass is 16.7. The third-order valence-corrected chi connectivity index (χ3v) is 6.97. The summed E-state index contributed by atoms with van der Waals surface area (Å²) in [4.78, 5) is 34.9. The summed E-state index contributed by atoms with van der Waals surface area (Å²) in [5, 5.41) is 81.1. The summed E-state index contributed by atoms with van der Waals surface area (Å²) in [6.45, 7) is -0.682. The Kier molecular flexibility index (Phi) is 8.20. The molecular weight excluding hydrogens is 524 g/mol. The van der Waals surface area contributed by atoms with E-state index in [4.69, 9.17) is 9.47 Å². The van der Waals surface area contributed by atoms with Crippen LogP contribution < -0.4 is 10.1 Å². The van der Waals surface area contributed by atoms with Gasteiger partial charge in [-0.05, 0) is 18.9 Å². The molecule has 0 spiro atoms. The van der Waals surface area contributed by atoms with E-state index in [1.807, 2.05) is 0 Å². The van der Waals surface area contributed by atoms with Crippen LogP contribution in [0.1, 0.15) is 18.4 Å². The number of rotatable bonds is 7. The smallest absolute Gasteiger partial charge is 0.373 e. The van der Waals surface area contributed by atoms with Crippen molar-refractivity contribution in [3.63, 3.8) is 0 Å². The number of phenolic OH excluding ortho intramolecular Hbond substituents is 1. The van der Waals surface area contributed by atoms with E-state index in [9.17, 15) is 55.2 Å². The number of carbonyl (C=O) groups is 3. The zero-order chi connectivity index (χ0) is 28.6. The molecule has 2 saturated heterocycles. The number of fused-ring (bicyclic) bond motifs is 1. The number of nitrogens with zero attached hydrogens (tertiary/aromatic N) is 1. The van der Waals surface area contributed by atoms with Crippen LogP contribution in [0.25, 0.3) is 0 Å². The Hall–Kier alpha value is -3.60. The average molecular weight is 553 g/mol. The van der Waals surface area contributed by atoms with E-state index in [1.54, 1.807) is 0 Å². The van der Waals surface area contributed by atoms with Gasteiger partial charge in [0.1, 0.15) is 36.5 Å². The molecule has 39 heavy (non-hydrogen) atoms. The van der Waals surface area contributed by atoms with Gasteiger partial charge in [-0.2, -0.15) is 4.58 Å². The number of carboxylic acids is 3. The summed E-state index contributed by atoms with van der Waals surface area (Å²) in [5.41, 5.74) is 1.18. The number of aliphatic hydroxyl groups excluding tert-OH is 4. The van der Waals surface area contributed by atoms with Crippen LogP contribution in [-0.4, -0.2) is 125 Å². The monoisotopic (exact) mass is 553 g/mol. The largest absolute Gasteiger partial charge is 0.504 e.